The van der Waals surface area contributed by atoms with Crippen LogP contribution in [-0.4, -0.2) is 27.6 Å². The van der Waals surface area contributed by atoms with Crippen LogP contribution in [0.25, 0.3) is 6.08 Å². The van der Waals surface area contributed by atoms with E-state index < -0.39 is 0 Å². The number of hydrogen-bond acceptors (Lipinski definition) is 3. The molecule has 1 aliphatic heterocycles. The molecule has 0 unspecified atom stereocenters. The first kappa shape index (κ1) is 12.9. The molecule has 1 aromatic rings. The number of carbonyl (C=O) groups excluding carboxylic acids is 1. The third-order valence-electron chi connectivity index (χ3n) is 2.56. The third kappa shape index (κ3) is 2.32. The van der Waals surface area contributed by atoms with E-state index in [2.05, 4.69) is 5.32 Å². The van der Waals surface area contributed by atoms with Crippen molar-refractivity contribution < 1.29 is 9.90 Å². The summed E-state index contributed by atoms with van der Waals surface area (Å²) in [7, 11) is 0. The van der Waals surface area contributed by atoms with Crippen molar-refractivity contribution >= 4 is 40.9 Å². The number of phenols is 1. The number of hydrogen-bond donors (Lipinski definition) is 2. The quantitative estimate of drug-likeness (QED) is 0.644. The highest BCUT2D eigenvalue weighted by atomic mass is 35.5. The fourth-order valence-corrected chi connectivity index (χ4v) is 2.15. The Morgan fingerprint density at radius 2 is 2.28 bits per heavy atom. The number of rotatable bonds is 2. The first-order valence-electron chi connectivity index (χ1n) is 5.36. The number of nitrogens with one attached hydrogen (secondary N) is 1. The molecule has 1 amide bonds. The van der Waals surface area contributed by atoms with E-state index in [4.69, 9.17) is 23.8 Å². The van der Waals surface area contributed by atoms with E-state index in [1.54, 1.807) is 18.2 Å². The van der Waals surface area contributed by atoms with Crippen molar-refractivity contribution in [3.63, 3.8) is 0 Å². The topological polar surface area (TPSA) is 52.6 Å². The number of nitrogens with zero attached hydrogens (tertiary/aromatic N) is 1. The molecule has 0 aliphatic carbocycles. The normalized spacial score (nSPS) is 17.4. The average molecular weight is 283 g/mol. The second-order valence-corrected chi connectivity index (χ2v) is 4.54. The zero-order chi connectivity index (χ0) is 13.3. The second kappa shape index (κ2) is 4.96. The Kier molecular flexibility index (Phi) is 3.54. The number of aromatic hydroxyl groups is 1. The van der Waals surface area contributed by atoms with Crippen LogP contribution >= 0.6 is 23.8 Å². The predicted molar refractivity (Wildman–Crippen MR) is 74.2 cm³/mol. The Balaban J connectivity index is 2.32. The van der Waals surface area contributed by atoms with Gasteiger partial charge in [0.25, 0.3) is 5.91 Å². The molecule has 1 saturated heterocycles. The lowest BCUT2D eigenvalue weighted by Gasteiger charge is -2.08. The van der Waals surface area contributed by atoms with E-state index in [1.807, 2.05) is 6.92 Å². The largest absolute Gasteiger partial charge is 0.506 e. The Bertz CT molecular complexity index is 557. The van der Waals surface area contributed by atoms with Crippen molar-refractivity contribution in [3.8, 4) is 5.75 Å². The van der Waals surface area contributed by atoms with Gasteiger partial charge in [0.15, 0.2) is 5.11 Å². The maximum atomic E-state index is 11.9. The number of amides is 1. The highest BCUT2D eigenvalue weighted by molar-refractivity contribution is 7.80. The van der Waals surface area contributed by atoms with Crippen LogP contribution in [0.15, 0.2) is 23.9 Å². The van der Waals surface area contributed by atoms with Crippen LogP contribution in [0, 0.1) is 0 Å². The molecule has 0 aromatic heterocycles. The molecule has 0 spiro atoms. The number of halogens is 1. The summed E-state index contributed by atoms with van der Waals surface area (Å²) in [5.74, 6) is -0.151. The maximum absolute atomic E-state index is 11.9. The van der Waals surface area contributed by atoms with Crippen molar-refractivity contribution in [2.75, 3.05) is 6.54 Å². The Morgan fingerprint density at radius 3 is 2.83 bits per heavy atom. The predicted octanol–water partition coefficient (Wildman–Crippen LogP) is 2.12. The maximum Gasteiger partial charge on any atom is 0.276 e. The van der Waals surface area contributed by atoms with Gasteiger partial charge >= 0.3 is 0 Å². The van der Waals surface area contributed by atoms with Crippen molar-refractivity contribution in [1.82, 2.24) is 10.2 Å². The minimum absolute atomic E-state index is 0.00947. The number of likely N-dealkylation sites (N-methyl/N-ethyl adjacent to an activating group) is 1. The summed E-state index contributed by atoms with van der Waals surface area (Å²) in [6, 6.07) is 4.72. The minimum atomic E-state index is -0.160. The zero-order valence-electron chi connectivity index (χ0n) is 9.61. The summed E-state index contributed by atoms with van der Waals surface area (Å²) in [5.41, 5.74) is 1.12. The van der Waals surface area contributed by atoms with Gasteiger partial charge in [-0.2, -0.15) is 0 Å². The smallest absolute Gasteiger partial charge is 0.276 e. The third-order valence-corrected chi connectivity index (χ3v) is 3.19. The molecule has 1 aromatic carbocycles. The number of benzene rings is 1. The SMILES string of the molecule is CCN1C(=O)/C(=C/c2ccc(O)c(Cl)c2)NC1=S. The summed E-state index contributed by atoms with van der Waals surface area (Å²) in [6.07, 6.45) is 1.65. The number of carbonyl (C=O) groups is 1. The van der Waals surface area contributed by atoms with E-state index in [0.29, 0.717) is 17.4 Å². The second-order valence-electron chi connectivity index (χ2n) is 3.75. The summed E-state index contributed by atoms with van der Waals surface area (Å²) >= 11 is 10.8. The molecule has 18 heavy (non-hydrogen) atoms. The molecular formula is C12H11ClN2O2S. The number of phenolic OH excluding ortho intramolecular Hbond substituents is 1. The van der Waals surface area contributed by atoms with Crippen LogP contribution in [0.1, 0.15) is 12.5 Å². The van der Waals surface area contributed by atoms with Crippen molar-refractivity contribution in [3.05, 3.63) is 34.5 Å². The fraction of sp³-hybridized carbons (Fsp3) is 0.167. The highest BCUT2D eigenvalue weighted by Gasteiger charge is 2.28. The standard InChI is InChI=1S/C12H11ClN2O2S/c1-2-15-11(17)9(14-12(15)18)6-7-3-4-10(16)8(13)5-7/h3-6,16H,2H2,1H3,(H,14,18)/b9-6-. The van der Waals surface area contributed by atoms with E-state index in [9.17, 15) is 9.90 Å². The van der Waals surface area contributed by atoms with Crippen LogP contribution in [-0.2, 0) is 4.79 Å². The van der Waals surface area contributed by atoms with Gasteiger partial charge in [0.2, 0.25) is 0 Å². The zero-order valence-corrected chi connectivity index (χ0v) is 11.2. The number of thiocarbonyl (C=S) groups is 1. The molecule has 2 rings (SSSR count). The Labute approximate surface area is 115 Å². The molecule has 0 bridgehead atoms. The molecular weight excluding hydrogens is 272 g/mol. The van der Waals surface area contributed by atoms with Gasteiger partial charge in [0.05, 0.1) is 5.02 Å². The van der Waals surface area contributed by atoms with E-state index in [-0.39, 0.29) is 16.7 Å². The van der Waals surface area contributed by atoms with E-state index in [1.165, 1.54) is 11.0 Å². The van der Waals surface area contributed by atoms with Gasteiger partial charge in [-0.25, -0.2) is 0 Å². The lowest BCUT2D eigenvalue weighted by atomic mass is 10.2. The molecule has 2 N–H and O–H groups in total. The van der Waals surface area contributed by atoms with Crippen molar-refractivity contribution in [2.45, 2.75) is 6.92 Å². The monoisotopic (exact) mass is 282 g/mol. The Hall–Kier alpha value is -1.59. The molecule has 6 heteroatoms. The van der Waals surface area contributed by atoms with Gasteiger partial charge in [-0.1, -0.05) is 17.7 Å². The summed E-state index contributed by atoms with van der Waals surface area (Å²) in [4.78, 5) is 13.4. The van der Waals surface area contributed by atoms with Crippen LogP contribution in [0.4, 0.5) is 0 Å². The minimum Gasteiger partial charge on any atom is -0.506 e. The Morgan fingerprint density at radius 1 is 1.56 bits per heavy atom. The average Bonchev–Trinajstić information content (AvgIpc) is 2.59. The lowest BCUT2D eigenvalue weighted by molar-refractivity contribution is -0.122. The van der Waals surface area contributed by atoms with Gasteiger partial charge in [0.1, 0.15) is 11.4 Å². The van der Waals surface area contributed by atoms with Gasteiger partial charge < -0.3 is 10.4 Å². The summed E-state index contributed by atoms with van der Waals surface area (Å²) < 4.78 is 0. The molecule has 0 radical (unpaired) electrons. The van der Waals surface area contributed by atoms with Gasteiger partial charge in [0, 0.05) is 6.54 Å². The van der Waals surface area contributed by atoms with E-state index >= 15 is 0 Å². The molecule has 0 atom stereocenters. The molecule has 1 heterocycles. The van der Waals surface area contributed by atoms with Crippen LogP contribution in [0.3, 0.4) is 0 Å². The van der Waals surface area contributed by atoms with Crippen LogP contribution in [0.5, 0.6) is 5.75 Å². The van der Waals surface area contributed by atoms with Crippen molar-refractivity contribution in [1.29, 1.82) is 0 Å². The fourth-order valence-electron chi connectivity index (χ4n) is 1.64. The first-order chi connectivity index (χ1) is 8.52. The van der Waals surface area contributed by atoms with Gasteiger partial charge in [-0.05, 0) is 42.9 Å². The van der Waals surface area contributed by atoms with Gasteiger partial charge in [-0.15, -0.1) is 0 Å². The van der Waals surface area contributed by atoms with Crippen molar-refractivity contribution in [2.24, 2.45) is 0 Å². The molecule has 94 valence electrons. The molecule has 4 nitrogen and oxygen atoms in total. The lowest BCUT2D eigenvalue weighted by Crippen LogP contribution is -2.30. The van der Waals surface area contributed by atoms with Crippen LogP contribution in [0.2, 0.25) is 5.02 Å². The summed E-state index contributed by atoms with van der Waals surface area (Å²) in [5, 5.41) is 12.8. The van der Waals surface area contributed by atoms with Crippen LogP contribution < -0.4 is 5.32 Å². The molecule has 0 saturated carbocycles. The highest BCUT2D eigenvalue weighted by Crippen LogP contribution is 2.25. The van der Waals surface area contributed by atoms with Gasteiger partial charge in [-0.3, -0.25) is 9.69 Å². The summed E-state index contributed by atoms with van der Waals surface area (Å²) in [6.45, 7) is 2.38. The first-order valence-corrected chi connectivity index (χ1v) is 6.14. The molecule has 1 fully saturated rings. The molecule has 1 aliphatic rings. The van der Waals surface area contributed by atoms with E-state index in [0.717, 1.165) is 5.56 Å².